The zero-order valence-corrected chi connectivity index (χ0v) is 10.2. The molecule has 2 unspecified atom stereocenters. The quantitative estimate of drug-likeness (QED) is 0.829. The van der Waals surface area contributed by atoms with E-state index in [2.05, 4.69) is 5.32 Å². The lowest BCUT2D eigenvalue weighted by Crippen LogP contribution is -2.44. The highest BCUT2D eigenvalue weighted by molar-refractivity contribution is 6.30. The lowest BCUT2D eigenvalue weighted by Gasteiger charge is -2.31. The molecule has 3 heteroatoms. The van der Waals surface area contributed by atoms with Gasteiger partial charge in [0.1, 0.15) is 5.60 Å². The van der Waals surface area contributed by atoms with Crippen LogP contribution in [0.4, 0.5) is 0 Å². The molecule has 1 rings (SSSR count). The van der Waals surface area contributed by atoms with Crippen LogP contribution in [0.1, 0.15) is 26.3 Å². The third-order valence-electron chi connectivity index (χ3n) is 2.78. The Balaban J connectivity index is 2.89. The number of hydrogen-bond donors (Lipinski definition) is 2. The van der Waals surface area contributed by atoms with Crippen molar-refractivity contribution in [3.8, 4) is 0 Å². The molecule has 0 aliphatic heterocycles. The molecule has 0 aliphatic rings. The molecule has 0 spiro atoms. The summed E-state index contributed by atoms with van der Waals surface area (Å²) in [4.78, 5) is 0. The van der Waals surface area contributed by atoms with Gasteiger partial charge in [-0.2, -0.15) is 0 Å². The molecular formula is C12H18ClNO. The zero-order valence-electron chi connectivity index (χ0n) is 9.42. The number of halogens is 1. The van der Waals surface area contributed by atoms with Crippen molar-refractivity contribution in [1.29, 1.82) is 0 Å². The number of nitrogens with one attached hydrogen (secondary N) is 1. The third kappa shape index (κ3) is 2.94. The highest BCUT2D eigenvalue weighted by Gasteiger charge is 2.29. The van der Waals surface area contributed by atoms with Gasteiger partial charge < -0.3 is 10.4 Å². The van der Waals surface area contributed by atoms with Crippen molar-refractivity contribution in [3.05, 3.63) is 34.9 Å². The predicted octanol–water partition coefficient (Wildman–Crippen LogP) is 2.55. The fraction of sp³-hybridized carbons (Fsp3) is 0.500. The lowest BCUT2D eigenvalue weighted by molar-refractivity contribution is 0.0221. The second kappa shape index (κ2) is 4.97. The van der Waals surface area contributed by atoms with E-state index in [1.165, 1.54) is 0 Å². The van der Waals surface area contributed by atoms with E-state index in [4.69, 9.17) is 11.6 Å². The van der Waals surface area contributed by atoms with Crippen LogP contribution in [0.25, 0.3) is 0 Å². The fourth-order valence-electron chi connectivity index (χ4n) is 1.54. The summed E-state index contributed by atoms with van der Waals surface area (Å²) in [5.74, 6) is 0. The maximum absolute atomic E-state index is 10.4. The Hall–Kier alpha value is -0.570. The van der Waals surface area contributed by atoms with Gasteiger partial charge in [-0.1, -0.05) is 30.7 Å². The number of benzene rings is 1. The minimum Gasteiger partial charge on any atom is -0.384 e. The molecule has 2 nitrogen and oxygen atoms in total. The molecule has 0 amide bonds. The van der Waals surface area contributed by atoms with Gasteiger partial charge in [0.25, 0.3) is 0 Å². The maximum Gasteiger partial charge on any atom is 0.102 e. The summed E-state index contributed by atoms with van der Waals surface area (Å²) in [5, 5.41) is 14.3. The number of rotatable bonds is 4. The first kappa shape index (κ1) is 12.5. The summed E-state index contributed by atoms with van der Waals surface area (Å²) in [6, 6.07) is 7.31. The summed E-state index contributed by atoms with van der Waals surface area (Å²) < 4.78 is 0. The topological polar surface area (TPSA) is 32.3 Å². The minimum atomic E-state index is -0.874. The first-order valence-electron chi connectivity index (χ1n) is 5.20. The van der Waals surface area contributed by atoms with E-state index < -0.39 is 5.60 Å². The Labute approximate surface area is 96.3 Å². The van der Waals surface area contributed by atoms with Crippen LogP contribution in [0.5, 0.6) is 0 Å². The molecule has 2 N–H and O–H groups in total. The molecule has 0 radical (unpaired) electrons. The van der Waals surface area contributed by atoms with Crippen LogP contribution in [0.15, 0.2) is 24.3 Å². The number of hydrogen-bond acceptors (Lipinski definition) is 2. The van der Waals surface area contributed by atoms with Gasteiger partial charge in [-0.05, 0) is 38.1 Å². The van der Waals surface area contributed by atoms with Gasteiger partial charge in [0.15, 0.2) is 0 Å². The molecule has 0 aromatic heterocycles. The van der Waals surface area contributed by atoms with Crippen molar-refractivity contribution in [2.24, 2.45) is 0 Å². The highest BCUT2D eigenvalue weighted by atomic mass is 35.5. The highest BCUT2D eigenvalue weighted by Crippen LogP contribution is 2.25. The molecule has 0 saturated carbocycles. The average molecular weight is 228 g/mol. The van der Waals surface area contributed by atoms with E-state index in [9.17, 15) is 5.11 Å². The SMILES string of the molecule is CCNC(C)C(C)(O)c1ccc(Cl)cc1. The molecule has 84 valence electrons. The van der Waals surface area contributed by atoms with Crippen LogP contribution in [0.3, 0.4) is 0 Å². The Morgan fingerprint density at radius 3 is 2.40 bits per heavy atom. The van der Waals surface area contributed by atoms with E-state index in [-0.39, 0.29) is 6.04 Å². The third-order valence-corrected chi connectivity index (χ3v) is 3.03. The molecular weight excluding hydrogens is 210 g/mol. The van der Waals surface area contributed by atoms with Gasteiger partial charge in [0.2, 0.25) is 0 Å². The van der Waals surface area contributed by atoms with E-state index >= 15 is 0 Å². The van der Waals surface area contributed by atoms with E-state index in [1.807, 2.05) is 32.9 Å². The molecule has 0 heterocycles. The van der Waals surface area contributed by atoms with E-state index in [0.717, 1.165) is 12.1 Å². The second-order valence-corrected chi connectivity index (χ2v) is 4.37. The Bertz CT molecular complexity index is 308. The first-order valence-corrected chi connectivity index (χ1v) is 5.58. The molecule has 15 heavy (non-hydrogen) atoms. The Morgan fingerprint density at radius 2 is 1.93 bits per heavy atom. The van der Waals surface area contributed by atoms with Crippen LogP contribution in [-0.2, 0) is 5.60 Å². The Morgan fingerprint density at radius 1 is 1.40 bits per heavy atom. The lowest BCUT2D eigenvalue weighted by atomic mass is 9.89. The minimum absolute atomic E-state index is 0.00340. The summed E-state index contributed by atoms with van der Waals surface area (Å²) >= 11 is 5.81. The summed E-state index contributed by atoms with van der Waals surface area (Å²) in [7, 11) is 0. The summed E-state index contributed by atoms with van der Waals surface area (Å²) in [5.41, 5.74) is 0.000918. The van der Waals surface area contributed by atoms with Crippen LogP contribution in [0, 0.1) is 0 Å². The molecule has 0 bridgehead atoms. The predicted molar refractivity (Wildman–Crippen MR) is 64.2 cm³/mol. The van der Waals surface area contributed by atoms with Gasteiger partial charge >= 0.3 is 0 Å². The fourth-order valence-corrected chi connectivity index (χ4v) is 1.67. The van der Waals surface area contributed by atoms with Crippen molar-refractivity contribution in [2.45, 2.75) is 32.4 Å². The van der Waals surface area contributed by atoms with Crippen molar-refractivity contribution >= 4 is 11.6 Å². The van der Waals surface area contributed by atoms with Gasteiger partial charge in [0, 0.05) is 11.1 Å². The summed E-state index contributed by atoms with van der Waals surface area (Å²) in [6.07, 6.45) is 0. The van der Waals surface area contributed by atoms with Gasteiger partial charge in [-0.25, -0.2) is 0 Å². The summed E-state index contributed by atoms with van der Waals surface area (Å²) in [6.45, 7) is 6.64. The molecule has 2 atom stereocenters. The largest absolute Gasteiger partial charge is 0.384 e. The van der Waals surface area contributed by atoms with Gasteiger partial charge in [0.05, 0.1) is 0 Å². The van der Waals surface area contributed by atoms with E-state index in [1.54, 1.807) is 12.1 Å². The van der Waals surface area contributed by atoms with Crippen molar-refractivity contribution in [3.63, 3.8) is 0 Å². The van der Waals surface area contributed by atoms with Crippen molar-refractivity contribution in [1.82, 2.24) is 5.32 Å². The first-order chi connectivity index (χ1) is 6.98. The number of likely N-dealkylation sites (N-methyl/N-ethyl adjacent to an activating group) is 1. The van der Waals surface area contributed by atoms with Gasteiger partial charge in [-0.15, -0.1) is 0 Å². The molecule has 1 aromatic rings. The van der Waals surface area contributed by atoms with Crippen LogP contribution >= 0.6 is 11.6 Å². The second-order valence-electron chi connectivity index (χ2n) is 3.93. The number of aliphatic hydroxyl groups is 1. The van der Waals surface area contributed by atoms with E-state index in [0.29, 0.717) is 5.02 Å². The molecule has 0 aliphatic carbocycles. The molecule has 1 aromatic carbocycles. The standard InChI is InChI=1S/C12H18ClNO/c1-4-14-9(2)12(3,15)10-5-7-11(13)8-6-10/h5-9,14-15H,4H2,1-3H3. The monoisotopic (exact) mass is 227 g/mol. The van der Waals surface area contributed by atoms with Crippen LogP contribution < -0.4 is 5.32 Å². The molecule has 0 saturated heterocycles. The maximum atomic E-state index is 10.4. The molecule has 0 fully saturated rings. The smallest absolute Gasteiger partial charge is 0.102 e. The average Bonchev–Trinajstić information content (AvgIpc) is 2.18. The van der Waals surface area contributed by atoms with Crippen LogP contribution in [0.2, 0.25) is 5.02 Å². The Kier molecular flexibility index (Phi) is 4.14. The van der Waals surface area contributed by atoms with Crippen molar-refractivity contribution in [2.75, 3.05) is 6.54 Å². The van der Waals surface area contributed by atoms with Crippen molar-refractivity contribution < 1.29 is 5.11 Å². The zero-order chi connectivity index (χ0) is 11.5. The van der Waals surface area contributed by atoms with Gasteiger partial charge in [-0.3, -0.25) is 0 Å². The van der Waals surface area contributed by atoms with Crippen LogP contribution in [-0.4, -0.2) is 17.7 Å². The normalized spacial score (nSPS) is 17.1.